The molecule has 2 aromatic rings. The Hall–Kier alpha value is -2.40. The van der Waals surface area contributed by atoms with E-state index >= 15 is 0 Å². The smallest absolute Gasteiger partial charge is 0.321 e. The number of hydrogen-bond donors (Lipinski definition) is 0. The van der Waals surface area contributed by atoms with Crippen molar-refractivity contribution in [3.05, 3.63) is 74.8 Å². The van der Waals surface area contributed by atoms with Gasteiger partial charge in [-0.05, 0) is 30.2 Å². The molecular formula is C17H14ClNO4. The van der Waals surface area contributed by atoms with Crippen molar-refractivity contribution in [1.29, 1.82) is 0 Å². The van der Waals surface area contributed by atoms with Crippen molar-refractivity contribution in [3.8, 4) is 0 Å². The largest absolute Gasteiger partial charge is 0.455 e. The highest BCUT2D eigenvalue weighted by molar-refractivity contribution is 6.30. The van der Waals surface area contributed by atoms with Gasteiger partial charge in [0, 0.05) is 11.1 Å². The lowest BCUT2D eigenvalue weighted by Gasteiger charge is -2.46. The van der Waals surface area contributed by atoms with Crippen molar-refractivity contribution in [2.45, 2.75) is 24.9 Å². The molecule has 0 unspecified atom stereocenters. The monoisotopic (exact) mass is 331 g/mol. The van der Waals surface area contributed by atoms with Gasteiger partial charge >= 0.3 is 5.97 Å². The van der Waals surface area contributed by atoms with Crippen LogP contribution in [0.4, 0.5) is 5.69 Å². The fraction of sp³-hybridized carbons (Fsp3) is 0.235. The van der Waals surface area contributed by atoms with Crippen LogP contribution in [0, 0.1) is 10.1 Å². The topological polar surface area (TPSA) is 69.4 Å². The summed E-state index contributed by atoms with van der Waals surface area (Å²) in [6.07, 6.45) is -0.202. The lowest BCUT2D eigenvalue weighted by molar-refractivity contribution is -0.386. The maximum Gasteiger partial charge on any atom is 0.321 e. The van der Waals surface area contributed by atoms with Crippen molar-refractivity contribution in [2.24, 2.45) is 0 Å². The van der Waals surface area contributed by atoms with E-state index in [4.69, 9.17) is 16.3 Å². The van der Waals surface area contributed by atoms with E-state index in [1.165, 1.54) is 6.07 Å². The third kappa shape index (κ3) is 2.28. The van der Waals surface area contributed by atoms with Crippen LogP contribution in [0.3, 0.4) is 0 Å². The minimum atomic E-state index is -0.920. The highest BCUT2D eigenvalue weighted by Crippen LogP contribution is 2.53. The van der Waals surface area contributed by atoms with Crippen molar-refractivity contribution < 1.29 is 14.5 Å². The first-order valence-corrected chi connectivity index (χ1v) is 7.59. The number of benzene rings is 2. The zero-order valence-corrected chi connectivity index (χ0v) is 13.1. The van der Waals surface area contributed by atoms with E-state index in [1.807, 2.05) is 6.92 Å². The summed E-state index contributed by atoms with van der Waals surface area (Å²) < 4.78 is 5.33. The second kappa shape index (κ2) is 5.66. The quantitative estimate of drug-likeness (QED) is 0.478. The number of ether oxygens (including phenoxy) is 1. The number of nitro benzene ring substituents is 1. The van der Waals surface area contributed by atoms with Gasteiger partial charge in [-0.3, -0.25) is 14.9 Å². The van der Waals surface area contributed by atoms with Crippen molar-refractivity contribution in [2.75, 3.05) is 0 Å². The van der Waals surface area contributed by atoms with Crippen molar-refractivity contribution in [3.63, 3.8) is 0 Å². The number of halogens is 1. The number of carbonyl (C=O) groups excluding carboxylic acids is 1. The third-order valence-corrected chi connectivity index (χ3v) is 4.62. The summed E-state index contributed by atoms with van der Waals surface area (Å²) in [5.74, 6) is -0.370. The second-order valence-corrected chi connectivity index (χ2v) is 5.87. The molecule has 1 heterocycles. The number of nitrogens with zero attached hydrogens (tertiary/aromatic N) is 1. The molecule has 3 rings (SSSR count). The van der Waals surface area contributed by atoms with E-state index in [0.29, 0.717) is 17.0 Å². The summed E-state index contributed by atoms with van der Waals surface area (Å²) in [5, 5.41) is 11.8. The van der Waals surface area contributed by atoms with Crippen molar-refractivity contribution in [1.82, 2.24) is 0 Å². The normalized spacial score (nSPS) is 23.0. The minimum Gasteiger partial charge on any atom is -0.455 e. The highest BCUT2D eigenvalue weighted by Gasteiger charge is 2.60. The summed E-state index contributed by atoms with van der Waals surface area (Å²) in [6.45, 7) is 1.87. The van der Waals surface area contributed by atoms with Crippen LogP contribution in [0.25, 0.3) is 0 Å². The summed E-state index contributed by atoms with van der Waals surface area (Å²) in [4.78, 5) is 23.1. The van der Waals surface area contributed by atoms with Gasteiger partial charge in [0.05, 0.1) is 10.5 Å². The van der Waals surface area contributed by atoms with E-state index in [9.17, 15) is 14.9 Å². The molecule has 0 aromatic heterocycles. The van der Waals surface area contributed by atoms with Gasteiger partial charge in [-0.25, -0.2) is 0 Å². The molecule has 2 aromatic carbocycles. The maximum absolute atomic E-state index is 12.3. The average Bonchev–Trinajstić information content (AvgIpc) is 2.55. The number of esters is 1. The van der Waals surface area contributed by atoms with Gasteiger partial charge in [-0.2, -0.15) is 0 Å². The van der Waals surface area contributed by atoms with Crippen LogP contribution in [0.2, 0.25) is 5.02 Å². The molecule has 1 aliphatic rings. The Kier molecular flexibility index (Phi) is 3.82. The van der Waals surface area contributed by atoms with Gasteiger partial charge in [0.2, 0.25) is 0 Å². The van der Waals surface area contributed by atoms with E-state index in [2.05, 4.69) is 0 Å². The molecule has 5 nitrogen and oxygen atoms in total. The van der Waals surface area contributed by atoms with Crippen LogP contribution in [0.5, 0.6) is 0 Å². The van der Waals surface area contributed by atoms with Crippen LogP contribution < -0.4 is 0 Å². The summed E-state index contributed by atoms with van der Waals surface area (Å²) in [5.41, 5.74) is 0.200. The Balaban J connectivity index is 2.12. The molecule has 118 valence electrons. The van der Waals surface area contributed by atoms with E-state index in [1.54, 1.807) is 42.5 Å². The van der Waals surface area contributed by atoms with Gasteiger partial charge in [-0.15, -0.1) is 0 Å². The first-order valence-electron chi connectivity index (χ1n) is 7.21. The Morgan fingerprint density at radius 3 is 2.43 bits per heavy atom. The lowest BCUT2D eigenvalue weighted by atomic mass is 9.67. The summed E-state index contributed by atoms with van der Waals surface area (Å²) in [6, 6.07) is 13.3. The molecule has 23 heavy (non-hydrogen) atoms. The zero-order valence-electron chi connectivity index (χ0n) is 12.4. The molecule has 1 aliphatic heterocycles. The fourth-order valence-corrected chi connectivity index (χ4v) is 3.24. The SMILES string of the molecule is CC[C@@]1(c2ccc(Cl)cc2)C(=O)O[C@@H]1c1ccccc1[N+](=O)[O-]. The Morgan fingerprint density at radius 1 is 1.22 bits per heavy atom. The van der Waals surface area contributed by atoms with E-state index in [-0.39, 0.29) is 11.7 Å². The van der Waals surface area contributed by atoms with E-state index in [0.717, 1.165) is 5.56 Å². The molecule has 0 N–H and O–H groups in total. The van der Waals surface area contributed by atoms with Gasteiger partial charge in [0.15, 0.2) is 6.10 Å². The third-order valence-electron chi connectivity index (χ3n) is 4.37. The highest BCUT2D eigenvalue weighted by atomic mass is 35.5. The standard InChI is InChI=1S/C17H14ClNO4/c1-2-17(11-7-9-12(18)10-8-11)15(23-16(17)20)13-5-3-4-6-14(13)19(21)22/h3-10,15H,2H2,1H3/t15-,17+/m1/s1. The molecule has 0 radical (unpaired) electrons. The van der Waals surface area contributed by atoms with Crippen LogP contribution in [0.1, 0.15) is 30.6 Å². The number of para-hydroxylation sites is 1. The molecule has 2 atom stereocenters. The lowest BCUT2D eigenvalue weighted by Crippen LogP contribution is -2.54. The first kappa shape index (κ1) is 15.5. The molecule has 1 saturated heterocycles. The molecule has 0 amide bonds. The number of rotatable bonds is 4. The molecule has 0 bridgehead atoms. The minimum absolute atomic E-state index is 0.0446. The Bertz CT molecular complexity index is 774. The second-order valence-electron chi connectivity index (χ2n) is 5.43. The van der Waals surface area contributed by atoms with Crippen LogP contribution in [-0.4, -0.2) is 10.9 Å². The van der Waals surface area contributed by atoms with Gasteiger partial charge in [-0.1, -0.05) is 42.8 Å². The predicted molar refractivity (Wildman–Crippen MR) is 85.4 cm³/mol. The average molecular weight is 332 g/mol. The Morgan fingerprint density at radius 2 is 1.87 bits per heavy atom. The summed E-state index contributed by atoms with van der Waals surface area (Å²) >= 11 is 5.92. The number of nitro groups is 1. The zero-order chi connectivity index (χ0) is 16.6. The predicted octanol–water partition coefficient (Wildman–Crippen LogP) is 4.19. The van der Waals surface area contributed by atoms with Crippen LogP contribution >= 0.6 is 11.6 Å². The van der Waals surface area contributed by atoms with Gasteiger partial charge < -0.3 is 4.74 Å². The van der Waals surface area contributed by atoms with E-state index < -0.39 is 16.4 Å². The van der Waals surface area contributed by atoms with Gasteiger partial charge in [0.25, 0.3) is 5.69 Å². The molecule has 6 heteroatoms. The van der Waals surface area contributed by atoms with Crippen LogP contribution in [0.15, 0.2) is 48.5 Å². The molecular weight excluding hydrogens is 318 g/mol. The van der Waals surface area contributed by atoms with Crippen molar-refractivity contribution >= 4 is 23.3 Å². The first-order chi connectivity index (χ1) is 11.0. The number of carbonyl (C=O) groups is 1. The fourth-order valence-electron chi connectivity index (χ4n) is 3.12. The number of hydrogen-bond acceptors (Lipinski definition) is 4. The molecule has 0 spiro atoms. The Labute approximate surface area is 138 Å². The summed E-state index contributed by atoms with van der Waals surface area (Å²) in [7, 11) is 0. The molecule has 0 aliphatic carbocycles. The number of cyclic esters (lactones) is 1. The molecule has 1 fully saturated rings. The molecule has 0 saturated carbocycles. The van der Waals surface area contributed by atoms with Crippen LogP contribution in [-0.2, 0) is 14.9 Å². The maximum atomic E-state index is 12.3. The van der Waals surface area contributed by atoms with Gasteiger partial charge in [0.1, 0.15) is 5.41 Å².